The number of nitrogens with one attached hydrogen (secondary N) is 1. The van der Waals surface area contributed by atoms with Crippen LogP contribution in [0.4, 0.5) is 0 Å². The van der Waals surface area contributed by atoms with Gasteiger partial charge in [-0.2, -0.15) is 0 Å². The second-order valence-electron chi connectivity index (χ2n) is 6.70. The van der Waals surface area contributed by atoms with Gasteiger partial charge in [0, 0.05) is 16.2 Å². The van der Waals surface area contributed by atoms with Crippen LogP contribution in [0.5, 0.6) is 5.88 Å². The number of halogens is 1. The molecule has 2 heterocycles. The number of aromatic nitrogens is 1. The molecule has 0 aliphatic carbocycles. The summed E-state index contributed by atoms with van der Waals surface area (Å²) in [7, 11) is 0. The van der Waals surface area contributed by atoms with Crippen LogP contribution in [0.25, 0.3) is 5.57 Å². The number of hydrogen-bond acceptors (Lipinski definition) is 5. The Morgan fingerprint density at radius 3 is 2.81 bits per heavy atom. The molecule has 7 nitrogen and oxygen atoms in total. The molecule has 9 heteroatoms. The Hall–Kier alpha value is -3.30. The smallest absolute Gasteiger partial charge is 0.279 e. The van der Waals surface area contributed by atoms with Gasteiger partial charge >= 0.3 is 0 Å². The van der Waals surface area contributed by atoms with E-state index in [-0.39, 0.29) is 24.8 Å². The highest BCUT2D eigenvalue weighted by molar-refractivity contribution is 9.10. The highest BCUT2D eigenvalue weighted by atomic mass is 79.9. The van der Waals surface area contributed by atoms with Gasteiger partial charge in [0.2, 0.25) is 16.6 Å². The Bertz CT molecular complexity index is 1390. The molecule has 4 rings (SSSR count). The SMILES string of the molecule is C=CCn1c(O)c(C2=c3cc(Br)ccc3=NC2=O)sc1=NNC(=O)Cc1ccccc1. The van der Waals surface area contributed by atoms with Crippen molar-refractivity contribution in [1.82, 2.24) is 9.99 Å². The van der Waals surface area contributed by atoms with Crippen LogP contribution in [0.1, 0.15) is 10.4 Å². The zero-order valence-corrected chi connectivity index (χ0v) is 18.6. The van der Waals surface area contributed by atoms with Crippen LogP contribution in [0.3, 0.4) is 0 Å². The molecule has 0 bridgehead atoms. The highest BCUT2D eigenvalue weighted by Crippen LogP contribution is 2.28. The number of rotatable bonds is 6. The Balaban J connectivity index is 1.75. The predicted octanol–water partition coefficient (Wildman–Crippen LogP) is 1.74. The van der Waals surface area contributed by atoms with E-state index in [4.69, 9.17) is 0 Å². The zero-order chi connectivity index (χ0) is 22.0. The van der Waals surface area contributed by atoms with Crippen LogP contribution in [0, 0.1) is 0 Å². The first-order chi connectivity index (χ1) is 15.0. The second-order valence-corrected chi connectivity index (χ2v) is 8.59. The van der Waals surface area contributed by atoms with Gasteiger partial charge in [0.05, 0.1) is 17.4 Å². The number of aromatic hydroxyl groups is 1. The number of amides is 2. The Labute approximate surface area is 189 Å². The molecule has 0 radical (unpaired) electrons. The topological polar surface area (TPSA) is 96.0 Å². The van der Waals surface area contributed by atoms with Gasteiger partial charge in [0.1, 0.15) is 4.88 Å². The van der Waals surface area contributed by atoms with Gasteiger partial charge in [-0.15, -0.1) is 11.7 Å². The summed E-state index contributed by atoms with van der Waals surface area (Å²) in [6.45, 7) is 3.95. The van der Waals surface area contributed by atoms with E-state index in [0.29, 0.717) is 25.8 Å². The van der Waals surface area contributed by atoms with Crippen molar-refractivity contribution >= 4 is 44.7 Å². The van der Waals surface area contributed by atoms with E-state index in [9.17, 15) is 14.7 Å². The van der Waals surface area contributed by atoms with E-state index < -0.39 is 5.91 Å². The summed E-state index contributed by atoms with van der Waals surface area (Å²) in [5.74, 6) is -0.859. The molecule has 0 saturated carbocycles. The monoisotopic (exact) mass is 496 g/mol. The minimum atomic E-state index is -0.435. The van der Waals surface area contributed by atoms with Gasteiger partial charge in [-0.3, -0.25) is 14.2 Å². The van der Waals surface area contributed by atoms with Crippen molar-refractivity contribution in [3.8, 4) is 5.88 Å². The quantitative estimate of drug-likeness (QED) is 0.401. The first-order valence-corrected chi connectivity index (χ1v) is 10.9. The summed E-state index contributed by atoms with van der Waals surface area (Å²) in [4.78, 5) is 29.6. The fraction of sp³-hybridized carbons (Fsp3) is 0.0909. The number of carbonyl (C=O) groups is 2. The number of thiazole rings is 1. The minimum Gasteiger partial charge on any atom is -0.493 e. The van der Waals surface area contributed by atoms with Crippen LogP contribution in [-0.2, 0) is 22.6 Å². The van der Waals surface area contributed by atoms with Crippen LogP contribution in [0.2, 0.25) is 0 Å². The van der Waals surface area contributed by atoms with Gasteiger partial charge in [-0.05, 0) is 23.8 Å². The van der Waals surface area contributed by atoms with Crippen molar-refractivity contribution in [2.45, 2.75) is 13.0 Å². The maximum Gasteiger partial charge on any atom is 0.279 e. The van der Waals surface area contributed by atoms with Gasteiger partial charge in [0.25, 0.3) is 5.91 Å². The second kappa shape index (κ2) is 8.83. The molecule has 1 aliphatic heterocycles. The Morgan fingerprint density at radius 1 is 1.29 bits per heavy atom. The van der Waals surface area contributed by atoms with Crippen molar-refractivity contribution in [3.05, 3.63) is 91.5 Å². The zero-order valence-electron chi connectivity index (χ0n) is 16.2. The lowest BCUT2D eigenvalue weighted by molar-refractivity contribution is -0.120. The van der Waals surface area contributed by atoms with E-state index in [1.165, 1.54) is 4.57 Å². The average molecular weight is 497 g/mol. The summed E-state index contributed by atoms with van der Waals surface area (Å²) in [6.07, 6.45) is 1.77. The number of carbonyl (C=O) groups excluding carboxylic acids is 2. The molecule has 2 amide bonds. The van der Waals surface area contributed by atoms with Crippen LogP contribution in [-0.4, -0.2) is 21.5 Å². The van der Waals surface area contributed by atoms with Crippen molar-refractivity contribution in [2.24, 2.45) is 10.1 Å². The summed E-state index contributed by atoms with van der Waals surface area (Å²) < 4.78 is 2.27. The molecule has 0 saturated heterocycles. The van der Waals surface area contributed by atoms with E-state index >= 15 is 0 Å². The first-order valence-electron chi connectivity index (χ1n) is 9.31. The summed E-state index contributed by atoms with van der Waals surface area (Å²) in [6, 6.07) is 14.6. The van der Waals surface area contributed by atoms with Crippen LogP contribution in [0.15, 0.2) is 75.8 Å². The molecule has 2 N–H and O–H groups in total. The molecule has 156 valence electrons. The number of fused-ring (bicyclic) bond motifs is 1. The lowest BCUT2D eigenvalue weighted by atomic mass is 10.1. The Kier molecular flexibility index (Phi) is 5.97. The maximum absolute atomic E-state index is 12.6. The average Bonchev–Trinajstić information content (AvgIpc) is 3.23. The molecule has 0 fully saturated rings. The summed E-state index contributed by atoms with van der Waals surface area (Å²) in [5, 5.41) is 16.2. The predicted molar refractivity (Wildman–Crippen MR) is 120 cm³/mol. The third-order valence-corrected chi connectivity index (χ3v) is 6.15. The lowest BCUT2D eigenvalue weighted by Crippen LogP contribution is -2.25. The van der Waals surface area contributed by atoms with Gasteiger partial charge in [-0.1, -0.05) is 63.7 Å². The molecule has 1 aromatic heterocycles. The van der Waals surface area contributed by atoms with E-state index in [1.54, 1.807) is 24.3 Å². The minimum absolute atomic E-state index is 0.132. The largest absolute Gasteiger partial charge is 0.493 e. The molecule has 2 aromatic carbocycles. The third kappa shape index (κ3) is 4.28. The number of benzene rings is 2. The van der Waals surface area contributed by atoms with Crippen molar-refractivity contribution in [1.29, 1.82) is 0 Å². The summed E-state index contributed by atoms with van der Waals surface area (Å²) in [5.41, 5.74) is 3.68. The standard InChI is InChI=1S/C22H17BrN4O3S/c1-2-10-27-21(30)19(18-15-12-14(23)8-9-16(15)24-20(18)29)31-22(27)26-25-17(28)11-13-6-4-3-5-7-13/h2-9,12,30H,1,10-11H2,(H,25,28). The normalized spacial score (nSPS) is 13.1. The van der Waals surface area contributed by atoms with Gasteiger partial charge < -0.3 is 5.11 Å². The maximum atomic E-state index is 12.6. The molecule has 1 aliphatic rings. The van der Waals surface area contributed by atoms with Crippen molar-refractivity contribution < 1.29 is 14.7 Å². The highest BCUT2D eigenvalue weighted by Gasteiger charge is 2.25. The molecule has 0 atom stereocenters. The first kappa shape index (κ1) is 21.0. The number of allylic oxidation sites excluding steroid dienone is 1. The molecule has 31 heavy (non-hydrogen) atoms. The van der Waals surface area contributed by atoms with Gasteiger partial charge in [0.15, 0.2) is 0 Å². The van der Waals surface area contributed by atoms with Gasteiger partial charge in [-0.25, -0.2) is 10.4 Å². The van der Waals surface area contributed by atoms with Crippen molar-refractivity contribution in [3.63, 3.8) is 0 Å². The Morgan fingerprint density at radius 2 is 2.06 bits per heavy atom. The fourth-order valence-corrected chi connectivity index (χ4v) is 4.59. The van der Waals surface area contributed by atoms with E-state index in [0.717, 1.165) is 21.4 Å². The van der Waals surface area contributed by atoms with Crippen LogP contribution >= 0.6 is 27.3 Å². The molecule has 0 unspecified atom stereocenters. The summed E-state index contributed by atoms with van der Waals surface area (Å²) >= 11 is 4.50. The van der Waals surface area contributed by atoms with E-state index in [2.05, 4.69) is 38.0 Å². The fourth-order valence-electron chi connectivity index (χ4n) is 3.18. The third-order valence-electron chi connectivity index (χ3n) is 4.57. The van der Waals surface area contributed by atoms with Crippen LogP contribution < -0.4 is 20.8 Å². The molecular weight excluding hydrogens is 480 g/mol. The van der Waals surface area contributed by atoms with Crippen molar-refractivity contribution in [2.75, 3.05) is 0 Å². The number of hydrogen-bond donors (Lipinski definition) is 2. The molecular formula is C22H17BrN4O3S. The molecule has 0 spiro atoms. The van der Waals surface area contributed by atoms with E-state index in [1.807, 2.05) is 30.3 Å². The lowest BCUT2D eigenvalue weighted by Gasteiger charge is -2.03. The number of nitrogens with zero attached hydrogens (tertiary/aromatic N) is 3. The molecule has 3 aromatic rings.